The molecule has 3 nitrogen and oxygen atoms in total. The largest absolute Gasteiger partial charge is 0.327 e. The average Bonchev–Trinajstić information content (AvgIpc) is 2.63. The van der Waals surface area contributed by atoms with E-state index in [0.717, 1.165) is 28.8 Å². The lowest BCUT2D eigenvalue weighted by molar-refractivity contribution is 0.249. The lowest BCUT2D eigenvalue weighted by Crippen LogP contribution is -2.38. The van der Waals surface area contributed by atoms with E-state index < -0.39 is 0 Å². The lowest BCUT2D eigenvalue weighted by Gasteiger charge is -2.29. The first kappa shape index (κ1) is 15.5. The molecule has 0 aromatic heterocycles. The molecule has 0 bridgehead atoms. The van der Waals surface area contributed by atoms with Gasteiger partial charge in [-0.3, -0.25) is 0 Å². The third-order valence-electron chi connectivity index (χ3n) is 4.63. The average molecular weight is 328 g/mol. The maximum absolute atomic E-state index is 12.1. The molecule has 3 aromatic carbocycles. The molecule has 2 amide bonds. The van der Waals surface area contributed by atoms with Gasteiger partial charge in [-0.15, -0.1) is 0 Å². The van der Waals surface area contributed by atoms with Gasteiger partial charge in [0.25, 0.3) is 0 Å². The van der Waals surface area contributed by atoms with E-state index >= 15 is 0 Å². The second-order valence-electron chi connectivity index (χ2n) is 6.48. The van der Waals surface area contributed by atoms with Crippen molar-refractivity contribution in [3.8, 4) is 0 Å². The van der Waals surface area contributed by atoms with Gasteiger partial charge in [0.2, 0.25) is 0 Å². The first-order valence-corrected chi connectivity index (χ1v) is 8.50. The van der Waals surface area contributed by atoms with Gasteiger partial charge < -0.3 is 10.6 Å². The highest BCUT2D eigenvalue weighted by Crippen LogP contribution is 2.35. The van der Waals surface area contributed by atoms with E-state index in [0.29, 0.717) is 0 Å². The summed E-state index contributed by atoms with van der Waals surface area (Å²) >= 11 is 0. The van der Waals surface area contributed by atoms with Gasteiger partial charge in [0.15, 0.2) is 0 Å². The van der Waals surface area contributed by atoms with Crippen molar-refractivity contribution in [3.05, 3.63) is 101 Å². The van der Waals surface area contributed by atoms with E-state index in [-0.39, 0.29) is 12.1 Å². The van der Waals surface area contributed by atoms with Crippen LogP contribution in [0.2, 0.25) is 0 Å². The van der Waals surface area contributed by atoms with E-state index in [2.05, 4.69) is 66.1 Å². The SMILES string of the molecule is Cc1cc(Cc2ccccc2)cc2c1NC(=O)NC2c1ccccc1. The highest BCUT2D eigenvalue weighted by Gasteiger charge is 2.27. The van der Waals surface area contributed by atoms with Crippen molar-refractivity contribution >= 4 is 11.7 Å². The van der Waals surface area contributed by atoms with Crippen molar-refractivity contribution in [1.29, 1.82) is 0 Å². The number of anilines is 1. The van der Waals surface area contributed by atoms with Gasteiger partial charge >= 0.3 is 6.03 Å². The normalized spacial score (nSPS) is 15.9. The van der Waals surface area contributed by atoms with Crippen LogP contribution in [0, 0.1) is 6.92 Å². The fourth-order valence-corrected chi connectivity index (χ4v) is 3.49. The molecule has 124 valence electrons. The predicted molar refractivity (Wildman–Crippen MR) is 101 cm³/mol. The molecule has 0 spiro atoms. The fraction of sp³-hybridized carbons (Fsp3) is 0.136. The quantitative estimate of drug-likeness (QED) is 0.712. The van der Waals surface area contributed by atoms with E-state index in [9.17, 15) is 4.79 Å². The number of hydrogen-bond donors (Lipinski definition) is 2. The standard InChI is InChI=1S/C22H20N2O/c1-15-12-17(13-16-8-4-2-5-9-16)14-19-20(15)23-22(25)24-21(19)18-10-6-3-7-11-18/h2-12,14,21H,13H2,1H3,(H2,23,24,25). The van der Waals surface area contributed by atoms with Crippen LogP contribution in [0.4, 0.5) is 10.5 Å². The van der Waals surface area contributed by atoms with Gasteiger partial charge in [0, 0.05) is 5.56 Å². The van der Waals surface area contributed by atoms with Gasteiger partial charge in [0.05, 0.1) is 11.7 Å². The maximum Gasteiger partial charge on any atom is 0.320 e. The Hall–Kier alpha value is -3.07. The number of urea groups is 1. The van der Waals surface area contributed by atoms with Crippen LogP contribution in [0.1, 0.15) is 33.9 Å². The van der Waals surface area contributed by atoms with E-state index in [1.165, 1.54) is 11.1 Å². The van der Waals surface area contributed by atoms with Gasteiger partial charge in [-0.1, -0.05) is 72.8 Å². The van der Waals surface area contributed by atoms with Crippen LogP contribution >= 0.6 is 0 Å². The zero-order chi connectivity index (χ0) is 17.2. The van der Waals surface area contributed by atoms with Gasteiger partial charge in [-0.05, 0) is 35.6 Å². The molecule has 3 aromatic rings. The van der Waals surface area contributed by atoms with Crippen LogP contribution in [0.3, 0.4) is 0 Å². The third-order valence-corrected chi connectivity index (χ3v) is 4.63. The van der Waals surface area contributed by atoms with Crippen molar-refractivity contribution < 1.29 is 4.79 Å². The minimum Gasteiger partial charge on any atom is -0.327 e. The van der Waals surface area contributed by atoms with Gasteiger partial charge in [-0.2, -0.15) is 0 Å². The Labute approximate surface area is 147 Å². The monoisotopic (exact) mass is 328 g/mol. The summed E-state index contributed by atoms with van der Waals surface area (Å²) in [5.74, 6) is 0. The highest BCUT2D eigenvalue weighted by molar-refractivity contribution is 5.94. The maximum atomic E-state index is 12.1. The number of nitrogens with one attached hydrogen (secondary N) is 2. The van der Waals surface area contributed by atoms with Crippen LogP contribution in [0.25, 0.3) is 0 Å². The lowest BCUT2D eigenvalue weighted by atomic mass is 9.90. The Balaban J connectivity index is 1.77. The molecule has 1 aliphatic heterocycles. The van der Waals surface area contributed by atoms with Crippen molar-refractivity contribution in [2.45, 2.75) is 19.4 Å². The Morgan fingerprint density at radius 1 is 0.880 bits per heavy atom. The van der Waals surface area contributed by atoms with Crippen LogP contribution < -0.4 is 10.6 Å². The smallest absolute Gasteiger partial charge is 0.320 e. The Morgan fingerprint density at radius 2 is 1.56 bits per heavy atom. The molecule has 1 atom stereocenters. The molecule has 0 radical (unpaired) electrons. The van der Waals surface area contributed by atoms with Crippen LogP contribution in [0.5, 0.6) is 0 Å². The summed E-state index contributed by atoms with van der Waals surface area (Å²) in [5, 5.41) is 6.03. The summed E-state index contributed by atoms with van der Waals surface area (Å²) < 4.78 is 0. The summed E-state index contributed by atoms with van der Waals surface area (Å²) in [4.78, 5) is 12.1. The molecule has 1 heterocycles. The zero-order valence-electron chi connectivity index (χ0n) is 14.1. The molecule has 0 aliphatic carbocycles. The fourth-order valence-electron chi connectivity index (χ4n) is 3.49. The number of amides is 2. The van der Waals surface area contributed by atoms with Crippen molar-refractivity contribution in [2.75, 3.05) is 5.32 Å². The minimum atomic E-state index is -0.153. The van der Waals surface area contributed by atoms with Crippen LogP contribution in [0.15, 0.2) is 72.8 Å². The molecule has 4 rings (SSSR count). The van der Waals surface area contributed by atoms with Crippen LogP contribution in [-0.4, -0.2) is 6.03 Å². The molecular formula is C22H20N2O. The molecule has 25 heavy (non-hydrogen) atoms. The van der Waals surface area contributed by atoms with Gasteiger partial charge in [-0.25, -0.2) is 4.79 Å². The number of aryl methyl sites for hydroxylation is 1. The summed E-state index contributed by atoms with van der Waals surface area (Å²) in [7, 11) is 0. The topological polar surface area (TPSA) is 41.1 Å². The second kappa shape index (κ2) is 6.44. The number of rotatable bonds is 3. The number of carbonyl (C=O) groups is 1. The van der Waals surface area contributed by atoms with Crippen molar-refractivity contribution in [3.63, 3.8) is 0 Å². The number of fused-ring (bicyclic) bond motifs is 1. The van der Waals surface area contributed by atoms with E-state index in [1.54, 1.807) is 0 Å². The summed E-state index contributed by atoms with van der Waals surface area (Å²) in [6, 6.07) is 24.7. The first-order chi connectivity index (χ1) is 12.2. The Kier molecular flexibility index (Phi) is 3.98. The number of hydrogen-bond acceptors (Lipinski definition) is 1. The van der Waals surface area contributed by atoms with Crippen molar-refractivity contribution in [1.82, 2.24) is 5.32 Å². The zero-order valence-corrected chi connectivity index (χ0v) is 14.1. The van der Waals surface area contributed by atoms with E-state index in [4.69, 9.17) is 0 Å². The van der Waals surface area contributed by atoms with Crippen LogP contribution in [-0.2, 0) is 6.42 Å². The Bertz CT molecular complexity index is 904. The molecule has 0 fully saturated rings. The highest BCUT2D eigenvalue weighted by atomic mass is 16.2. The third kappa shape index (κ3) is 3.13. The summed E-state index contributed by atoms with van der Waals surface area (Å²) in [6.07, 6.45) is 0.879. The predicted octanol–water partition coefficient (Wildman–Crippen LogP) is 4.81. The minimum absolute atomic E-state index is 0.126. The van der Waals surface area contributed by atoms with E-state index in [1.807, 2.05) is 24.3 Å². The molecule has 3 heteroatoms. The number of carbonyl (C=O) groups excluding carboxylic acids is 1. The first-order valence-electron chi connectivity index (χ1n) is 8.50. The van der Waals surface area contributed by atoms with Gasteiger partial charge in [0.1, 0.15) is 0 Å². The van der Waals surface area contributed by atoms with Crippen molar-refractivity contribution in [2.24, 2.45) is 0 Å². The molecule has 0 saturated carbocycles. The molecule has 2 N–H and O–H groups in total. The number of benzene rings is 3. The summed E-state index contributed by atoms with van der Waals surface area (Å²) in [5.41, 5.74) is 6.77. The molecule has 0 saturated heterocycles. The molecule has 1 aliphatic rings. The molecular weight excluding hydrogens is 308 g/mol. The molecule has 1 unspecified atom stereocenters. The second-order valence-corrected chi connectivity index (χ2v) is 6.48. The summed E-state index contributed by atoms with van der Waals surface area (Å²) in [6.45, 7) is 2.06. The Morgan fingerprint density at radius 3 is 2.28 bits per heavy atom.